The molecular weight excluding hydrogens is 264 g/mol. The van der Waals surface area contributed by atoms with Gasteiger partial charge >= 0.3 is 0 Å². The van der Waals surface area contributed by atoms with Gasteiger partial charge in [-0.1, -0.05) is 6.07 Å². The molecule has 0 saturated carbocycles. The van der Waals surface area contributed by atoms with Crippen LogP contribution in [0.3, 0.4) is 0 Å². The third-order valence-corrected chi connectivity index (χ3v) is 3.79. The van der Waals surface area contributed by atoms with Crippen LogP contribution in [0.1, 0.15) is 17.3 Å². The third kappa shape index (κ3) is 1.82. The molecule has 0 aliphatic carbocycles. The number of anilines is 1. The molecule has 0 unspecified atom stereocenters. The number of nitriles is 1. The Hall–Kier alpha value is -2.94. The van der Waals surface area contributed by atoms with E-state index in [0.29, 0.717) is 11.5 Å². The quantitative estimate of drug-likeness (QED) is 0.711. The van der Waals surface area contributed by atoms with Crippen LogP contribution in [-0.4, -0.2) is 32.7 Å². The van der Waals surface area contributed by atoms with Crippen molar-refractivity contribution >= 4 is 11.5 Å². The monoisotopic (exact) mass is 276 g/mol. The largest absolute Gasteiger partial charge is 0.354 e. The summed E-state index contributed by atoms with van der Waals surface area (Å²) in [4.78, 5) is 6.41. The minimum Gasteiger partial charge on any atom is -0.354 e. The summed E-state index contributed by atoms with van der Waals surface area (Å²) < 4.78 is 2.02. The Balaban J connectivity index is 1.59. The van der Waals surface area contributed by atoms with Gasteiger partial charge in [0, 0.05) is 25.5 Å². The lowest BCUT2D eigenvalue weighted by atomic mass is 9.98. The summed E-state index contributed by atoms with van der Waals surface area (Å²) in [6.45, 7) is 1.61. The van der Waals surface area contributed by atoms with Crippen LogP contribution >= 0.6 is 0 Å². The SMILES string of the molecule is N#Cc1cccnc1N1CC(c2nnc3ccccn23)C1. The molecule has 0 aromatic carbocycles. The second-order valence-corrected chi connectivity index (χ2v) is 5.08. The smallest absolute Gasteiger partial charge is 0.160 e. The normalized spacial score (nSPS) is 14.9. The van der Waals surface area contributed by atoms with Crippen molar-refractivity contribution in [3.8, 4) is 6.07 Å². The molecule has 1 aliphatic heterocycles. The fourth-order valence-electron chi connectivity index (χ4n) is 2.69. The number of hydrogen-bond donors (Lipinski definition) is 0. The van der Waals surface area contributed by atoms with E-state index in [1.807, 2.05) is 28.8 Å². The lowest BCUT2D eigenvalue weighted by Gasteiger charge is -2.39. The van der Waals surface area contributed by atoms with Crippen LogP contribution in [0.2, 0.25) is 0 Å². The molecule has 3 aromatic heterocycles. The second-order valence-electron chi connectivity index (χ2n) is 5.08. The zero-order chi connectivity index (χ0) is 14.2. The van der Waals surface area contributed by atoms with Crippen molar-refractivity contribution in [1.82, 2.24) is 19.6 Å². The Kier molecular flexibility index (Phi) is 2.57. The van der Waals surface area contributed by atoms with Gasteiger partial charge in [0.05, 0.1) is 11.5 Å². The molecule has 0 N–H and O–H groups in total. The van der Waals surface area contributed by atoms with E-state index in [2.05, 4.69) is 26.2 Å². The number of rotatable bonds is 2. The van der Waals surface area contributed by atoms with Gasteiger partial charge in [-0.25, -0.2) is 4.98 Å². The number of pyridine rings is 2. The molecule has 1 fully saturated rings. The summed E-state index contributed by atoms with van der Waals surface area (Å²) >= 11 is 0. The van der Waals surface area contributed by atoms with Crippen molar-refractivity contribution < 1.29 is 0 Å². The Morgan fingerprint density at radius 3 is 2.90 bits per heavy atom. The molecule has 0 amide bonds. The third-order valence-electron chi connectivity index (χ3n) is 3.79. The van der Waals surface area contributed by atoms with Gasteiger partial charge in [0.15, 0.2) is 5.65 Å². The molecule has 6 heteroatoms. The summed E-state index contributed by atoms with van der Waals surface area (Å²) in [5.41, 5.74) is 1.48. The Bertz CT molecular complexity index is 840. The topological polar surface area (TPSA) is 70.1 Å². The molecule has 1 aliphatic rings. The fourth-order valence-corrected chi connectivity index (χ4v) is 2.69. The van der Waals surface area contributed by atoms with Crippen LogP contribution in [0.25, 0.3) is 5.65 Å². The summed E-state index contributed by atoms with van der Waals surface area (Å²) in [5.74, 6) is 2.04. The van der Waals surface area contributed by atoms with E-state index in [9.17, 15) is 0 Å². The molecule has 102 valence electrons. The number of aromatic nitrogens is 4. The van der Waals surface area contributed by atoms with E-state index in [-0.39, 0.29) is 0 Å². The van der Waals surface area contributed by atoms with Gasteiger partial charge in [-0.2, -0.15) is 5.26 Å². The molecule has 4 heterocycles. The van der Waals surface area contributed by atoms with Crippen LogP contribution in [0.4, 0.5) is 5.82 Å². The molecule has 0 bridgehead atoms. The highest BCUT2D eigenvalue weighted by Gasteiger charge is 2.33. The number of hydrogen-bond acceptors (Lipinski definition) is 5. The average molecular weight is 276 g/mol. The summed E-state index contributed by atoms with van der Waals surface area (Å²) in [6.07, 6.45) is 3.70. The minimum absolute atomic E-state index is 0.316. The molecule has 0 atom stereocenters. The highest BCUT2D eigenvalue weighted by atomic mass is 15.3. The van der Waals surface area contributed by atoms with E-state index in [0.717, 1.165) is 30.4 Å². The zero-order valence-corrected chi connectivity index (χ0v) is 11.2. The van der Waals surface area contributed by atoms with E-state index in [4.69, 9.17) is 5.26 Å². The lowest BCUT2D eigenvalue weighted by Crippen LogP contribution is -2.46. The first-order valence-electron chi connectivity index (χ1n) is 6.76. The Morgan fingerprint density at radius 2 is 2.05 bits per heavy atom. The van der Waals surface area contributed by atoms with Crippen LogP contribution in [-0.2, 0) is 0 Å². The Labute approximate surface area is 121 Å². The van der Waals surface area contributed by atoms with Gasteiger partial charge in [0.25, 0.3) is 0 Å². The summed E-state index contributed by atoms with van der Waals surface area (Å²) in [6, 6.07) is 11.6. The molecule has 0 radical (unpaired) electrons. The highest BCUT2D eigenvalue weighted by molar-refractivity contribution is 5.56. The zero-order valence-electron chi connectivity index (χ0n) is 11.2. The van der Waals surface area contributed by atoms with Crippen molar-refractivity contribution in [3.63, 3.8) is 0 Å². The van der Waals surface area contributed by atoms with Gasteiger partial charge < -0.3 is 4.90 Å². The molecule has 0 spiro atoms. The van der Waals surface area contributed by atoms with Gasteiger partial charge in [-0.3, -0.25) is 4.40 Å². The minimum atomic E-state index is 0.316. The van der Waals surface area contributed by atoms with Gasteiger partial charge in [0.2, 0.25) is 0 Å². The first kappa shape index (κ1) is 11.9. The van der Waals surface area contributed by atoms with E-state index >= 15 is 0 Å². The van der Waals surface area contributed by atoms with Crippen molar-refractivity contribution in [1.29, 1.82) is 5.26 Å². The van der Waals surface area contributed by atoms with E-state index < -0.39 is 0 Å². The molecular formula is C15H12N6. The lowest BCUT2D eigenvalue weighted by molar-refractivity contribution is 0.492. The van der Waals surface area contributed by atoms with Crippen LogP contribution < -0.4 is 4.90 Å². The molecule has 4 rings (SSSR count). The number of fused-ring (bicyclic) bond motifs is 1. The Morgan fingerprint density at radius 1 is 1.14 bits per heavy atom. The van der Waals surface area contributed by atoms with Crippen molar-refractivity contribution in [2.24, 2.45) is 0 Å². The van der Waals surface area contributed by atoms with Crippen molar-refractivity contribution in [2.45, 2.75) is 5.92 Å². The van der Waals surface area contributed by atoms with E-state index in [1.54, 1.807) is 18.3 Å². The van der Waals surface area contributed by atoms with E-state index in [1.165, 1.54) is 0 Å². The van der Waals surface area contributed by atoms with Gasteiger partial charge in [-0.05, 0) is 24.3 Å². The average Bonchev–Trinajstić information content (AvgIpc) is 2.90. The molecule has 1 saturated heterocycles. The molecule has 6 nitrogen and oxygen atoms in total. The maximum atomic E-state index is 9.14. The van der Waals surface area contributed by atoms with Crippen molar-refractivity contribution in [2.75, 3.05) is 18.0 Å². The predicted molar refractivity (Wildman–Crippen MR) is 76.9 cm³/mol. The maximum Gasteiger partial charge on any atom is 0.160 e. The van der Waals surface area contributed by atoms with Crippen molar-refractivity contribution in [3.05, 3.63) is 54.1 Å². The number of nitrogens with zero attached hydrogens (tertiary/aromatic N) is 6. The van der Waals surface area contributed by atoms with Crippen LogP contribution in [0.15, 0.2) is 42.7 Å². The van der Waals surface area contributed by atoms with Gasteiger partial charge in [-0.15, -0.1) is 10.2 Å². The summed E-state index contributed by atoms with van der Waals surface area (Å²) in [7, 11) is 0. The van der Waals surface area contributed by atoms with Crippen LogP contribution in [0.5, 0.6) is 0 Å². The first-order chi connectivity index (χ1) is 10.4. The predicted octanol–water partition coefficient (Wildman–Crippen LogP) is 1.60. The molecule has 3 aromatic rings. The maximum absolute atomic E-state index is 9.14. The summed E-state index contributed by atoms with van der Waals surface area (Å²) in [5, 5.41) is 17.6. The van der Waals surface area contributed by atoms with Crippen LogP contribution in [0, 0.1) is 11.3 Å². The highest BCUT2D eigenvalue weighted by Crippen LogP contribution is 2.31. The molecule has 21 heavy (non-hydrogen) atoms. The standard InChI is InChI=1S/C15H12N6/c16-8-11-4-3-6-17-14(11)20-9-12(10-20)15-19-18-13-5-1-2-7-21(13)15/h1-7,12H,9-10H2. The van der Waals surface area contributed by atoms with Gasteiger partial charge in [0.1, 0.15) is 17.7 Å². The first-order valence-corrected chi connectivity index (χ1v) is 6.76. The fraction of sp³-hybridized carbons (Fsp3) is 0.200. The second kappa shape index (κ2) is 4.56.